The first-order chi connectivity index (χ1) is 16.2. The van der Waals surface area contributed by atoms with Crippen molar-refractivity contribution in [3.8, 4) is 11.5 Å². The Morgan fingerprint density at radius 3 is 2.47 bits per heavy atom. The van der Waals surface area contributed by atoms with Gasteiger partial charge in [-0.2, -0.15) is 0 Å². The third-order valence-corrected chi connectivity index (χ3v) is 6.70. The Labute approximate surface area is 207 Å². The minimum atomic E-state index is -0.956. The van der Waals surface area contributed by atoms with Gasteiger partial charge in [0.05, 0.1) is 37.5 Å². The van der Waals surface area contributed by atoms with Gasteiger partial charge >= 0.3 is 11.9 Å². The highest BCUT2D eigenvalue weighted by Gasteiger charge is 2.47. The van der Waals surface area contributed by atoms with E-state index in [1.54, 1.807) is 26.0 Å². The molecule has 34 heavy (non-hydrogen) atoms. The Morgan fingerprint density at radius 2 is 1.88 bits per heavy atom. The predicted molar refractivity (Wildman–Crippen MR) is 128 cm³/mol. The average molecular weight is 536 g/mol. The second-order valence-corrected chi connectivity index (χ2v) is 9.08. The Kier molecular flexibility index (Phi) is 8.07. The third kappa shape index (κ3) is 4.58. The van der Waals surface area contributed by atoms with Gasteiger partial charge in [0.2, 0.25) is 0 Å². The quantitative estimate of drug-likeness (QED) is 0.412. The Hall–Kier alpha value is -2.81. The second kappa shape index (κ2) is 10.6. The van der Waals surface area contributed by atoms with E-state index in [2.05, 4.69) is 21.2 Å². The molecule has 0 radical (unpaired) electrons. The van der Waals surface area contributed by atoms with Gasteiger partial charge in [-0.25, -0.2) is 4.79 Å². The summed E-state index contributed by atoms with van der Waals surface area (Å²) in [5.41, 5.74) is 2.60. The molecule has 0 fully saturated rings. The molecule has 1 N–H and O–H groups in total. The monoisotopic (exact) mass is 535 g/mol. The highest BCUT2D eigenvalue weighted by molar-refractivity contribution is 9.10. The molecule has 0 saturated heterocycles. The van der Waals surface area contributed by atoms with E-state index < -0.39 is 23.8 Å². The lowest BCUT2D eigenvalue weighted by Crippen LogP contribution is -2.43. The minimum Gasteiger partial charge on any atom is -0.493 e. The summed E-state index contributed by atoms with van der Waals surface area (Å²) < 4.78 is 22.2. The number of halogens is 1. The zero-order chi connectivity index (χ0) is 25.2. The molecular formula is C25H30BrNO7. The number of hydrogen-bond acceptors (Lipinski definition) is 8. The molecule has 0 amide bonds. The maximum Gasteiger partial charge on any atom is 0.336 e. The molecule has 0 aromatic heterocycles. The second-order valence-electron chi connectivity index (χ2n) is 8.22. The van der Waals surface area contributed by atoms with Gasteiger partial charge in [-0.05, 0) is 66.7 Å². The van der Waals surface area contributed by atoms with E-state index in [9.17, 15) is 14.4 Å². The van der Waals surface area contributed by atoms with Gasteiger partial charge in [0, 0.05) is 22.9 Å². The van der Waals surface area contributed by atoms with Crippen LogP contribution in [0.5, 0.6) is 11.5 Å². The van der Waals surface area contributed by atoms with Gasteiger partial charge < -0.3 is 24.3 Å². The van der Waals surface area contributed by atoms with E-state index in [0.29, 0.717) is 57.1 Å². The SMILES string of the molecule is CCOC(=O)C1=C(C)NC2=C(C(=O)[C@H](C(=O)OC)[C@@H](C)C2)[C@@H]1c1cc(Br)c(OCC)c(OC)c1. The van der Waals surface area contributed by atoms with Crippen LogP contribution in [0.3, 0.4) is 0 Å². The summed E-state index contributed by atoms with van der Waals surface area (Å²) in [7, 11) is 2.79. The molecule has 0 spiro atoms. The van der Waals surface area contributed by atoms with Crippen LogP contribution in [0, 0.1) is 11.8 Å². The molecule has 1 aromatic rings. The van der Waals surface area contributed by atoms with E-state index in [1.165, 1.54) is 14.2 Å². The number of hydrogen-bond donors (Lipinski definition) is 1. The van der Waals surface area contributed by atoms with Crippen LogP contribution in [0.15, 0.2) is 39.1 Å². The zero-order valence-electron chi connectivity index (χ0n) is 20.2. The standard InChI is InChI=1S/C25H30BrNO7/c1-7-33-23-15(26)10-14(11-17(23)31-5)20-19(25(30)34-8-2)13(4)27-16-9-12(3)18(24(29)32-6)22(28)21(16)20/h10-12,18,20,27H,7-9H2,1-6H3/t12-,18+,20+/m0/s1. The van der Waals surface area contributed by atoms with Gasteiger partial charge in [-0.15, -0.1) is 0 Å². The molecule has 0 saturated carbocycles. The number of ether oxygens (including phenoxy) is 4. The normalized spacial score (nSPS) is 22.1. The van der Waals surface area contributed by atoms with Crippen molar-refractivity contribution in [1.29, 1.82) is 0 Å². The van der Waals surface area contributed by atoms with E-state index in [0.717, 1.165) is 0 Å². The number of carbonyl (C=O) groups is 3. The number of rotatable bonds is 7. The van der Waals surface area contributed by atoms with Crippen LogP contribution in [0.2, 0.25) is 0 Å². The van der Waals surface area contributed by atoms with Crippen molar-refractivity contribution in [3.63, 3.8) is 0 Å². The molecule has 1 aromatic carbocycles. The lowest BCUT2D eigenvalue weighted by atomic mass is 9.69. The first-order valence-electron chi connectivity index (χ1n) is 11.2. The highest BCUT2D eigenvalue weighted by Crippen LogP contribution is 2.48. The van der Waals surface area contributed by atoms with Gasteiger partial charge in [0.1, 0.15) is 5.92 Å². The summed E-state index contributed by atoms with van der Waals surface area (Å²) in [6.07, 6.45) is 0.458. The van der Waals surface area contributed by atoms with Crippen molar-refractivity contribution in [1.82, 2.24) is 5.32 Å². The number of carbonyl (C=O) groups excluding carboxylic acids is 3. The van der Waals surface area contributed by atoms with Crippen molar-refractivity contribution < 1.29 is 33.3 Å². The molecule has 184 valence electrons. The largest absolute Gasteiger partial charge is 0.493 e. The van der Waals surface area contributed by atoms with Crippen molar-refractivity contribution in [3.05, 3.63) is 44.7 Å². The van der Waals surface area contributed by atoms with Gasteiger partial charge in [0.15, 0.2) is 17.3 Å². The van der Waals surface area contributed by atoms with Crippen LogP contribution in [-0.4, -0.2) is 45.2 Å². The lowest BCUT2D eigenvalue weighted by molar-refractivity contribution is -0.151. The number of dihydropyridines is 1. The van der Waals surface area contributed by atoms with E-state index in [-0.39, 0.29) is 18.3 Å². The molecule has 9 heteroatoms. The Balaban J connectivity index is 2.26. The Morgan fingerprint density at radius 1 is 1.18 bits per heavy atom. The summed E-state index contributed by atoms with van der Waals surface area (Å²) in [5.74, 6) is -2.49. The molecule has 0 unspecified atom stereocenters. The van der Waals surface area contributed by atoms with Crippen LogP contribution in [0.25, 0.3) is 0 Å². The molecule has 1 aliphatic heterocycles. The summed E-state index contributed by atoms with van der Waals surface area (Å²) >= 11 is 3.54. The minimum absolute atomic E-state index is 0.181. The van der Waals surface area contributed by atoms with Crippen LogP contribution in [0.4, 0.5) is 0 Å². The van der Waals surface area contributed by atoms with Gasteiger partial charge in [0.25, 0.3) is 0 Å². The molecule has 3 rings (SSSR count). The molecule has 0 bridgehead atoms. The number of nitrogens with one attached hydrogen (secondary N) is 1. The number of benzene rings is 1. The molecule has 3 atom stereocenters. The Bertz CT molecular complexity index is 1080. The number of ketones is 1. The topological polar surface area (TPSA) is 100 Å². The maximum absolute atomic E-state index is 13.8. The molecule has 1 heterocycles. The van der Waals surface area contributed by atoms with Gasteiger partial charge in [-0.3, -0.25) is 9.59 Å². The number of allylic oxidation sites excluding steroid dienone is 3. The van der Waals surface area contributed by atoms with E-state index >= 15 is 0 Å². The number of methoxy groups -OCH3 is 2. The van der Waals surface area contributed by atoms with E-state index in [1.807, 2.05) is 13.8 Å². The molecule has 2 aliphatic rings. The van der Waals surface area contributed by atoms with Gasteiger partial charge in [-0.1, -0.05) is 6.92 Å². The van der Waals surface area contributed by atoms with Crippen LogP contribution >= 0.6 is 15.9 Å². The number of Topliss-reactive ketones (excluding diaryl/α,β-unsaturated/α-hetero) is 1. The van der Waals surface area contributed by atoms with Crippen LogP contribution < -0.4 is 14.8 Å². The van der Waals surface area contributed by atoms with Crippen molar-refractivity contribution >= 4 is 33.7 Å². The zero-order valence-corrected chi connectivity index (χ0v) is 21.8. The van der Waals surface area contributed by atoms with E-state index in [4.69, 9.17) is 18.9 Å². The lowest BCUT2D eigenvalue weighted by Gasteiger charge is -2.38. The van der Waals surface area contributed by atoms with Crippen LogP contribution in [-0.2, 0) is 23.9 Å². The van der Waals surface area contributed by atoms with Crippen molar-refractivity contribution in [2.24, 2.45) is 11.8 Å². The fourth-order valence-electron chi connectivity index (χ4n) is 4.68. The fourth-order valence-corrected chi connectivity index (χ4v) is 5.26. The third-order valence-electron chi connectivity index (χ3n) is 6.11. The summed E-state index contributed by atoms with van der Waals surface area (Å²) in [4.78, 5) is 39.4. The number of esters is 2. The average Bonchev–Trinajstić information content (AvgIpc) is 2.79. The molecule has 8 nitrogen and oxygen atoms in total. The van der Waals surface area contributed by atoms with Crippen LogP contribution in [0.1, 0.15) is 45.6 Å². The summed E-state index contributed by atoms with van der Waals surface area (Å²) in [5, 5.41) is 3.24. The smallest absolute Gasteiger partial charge is 0.336 e. The molecule has 1 aliphatic carbocycles. The maximum atomic E-state index is 13.8. The van der Waals surface area contributed by atoms with Crippen molar-refractivity contribution in [2.45, 2.75) is 40.0 Å². The molecular weight excluding hydrogens is 506 g/mol. The first-order valence-corrected chi connectivity index (χ1v) is 12.0. The highest BCUT2D eigenvalue weighted by atomic mass is 79.9. The summed E-state index contributed by atoms with van der Waals surface area (Å²) in [6.45, 7) is 7.83. The fraction of sp³-hybridized carbons (Fsp3) is 0.480. The van der Waals surface area contributed by atoms with Crippen molar-refractivity contribution in [2.75, 3.05) is 27.4 Å². The first kappa shape index (κ1) is 25.8. The summed E-state index contributed by atoms with van der Waals surface area (Å²) in [6, 6.07) is 3.56. The predicted octanol–water partition coefficient (Wildman–Crippen LogP) is 4.03.